The molecule has 2 rings (SSSR count). The lowest BCUT2D eigenvalue weighted by molar-refractivity contribution is 0.420. The minimum absolute atomic E-state index is 0.537. The van der Waals surface area contributed by atoms with E-state index in [1.54, 1.807) is 0 Å². The van der Waals surface area contributed by atoms with Gasteiger partial charge in [0.05, 0.1) is 5.69 Å². The summed E-state index contributed by atoms with van der Waals surface area (Å²) in [4.78, 5) is 2.44. The van der Waals surface area contributed by atoms with Gasteiger partial charge >= 0.3 is 0 Å². The van der Waals surface area contributed by atoms with E-state index in [4.69, 9.17) is 11.6 Å². The zero-order valence-electron chi connectivity index (χ0n) is 11.8. The molecule has 1 aromatic carbocycles. The van der Waals surface area contributed by atoms with Crippen molar-refractivity contribution in [3.8, 4) is 0 Å². The molecule has 0 amide bonds. The average molecular weight is 346 g/mol. The molecule has 106 valence electrons. The smallest absolute Gasteiger partial charge is 0.0526 e. The maximum atomic E-state index is 6.28. The molecule has 0 spiro atoms. The number of aryl methyl sites for hydroxylation is 1. The summed E-state index contributed by atoms with van der Waals surface area (Å²) < 4.78 is 1.14. The van der Waals surface area contributed by atoms with Crippen molar-refractivity contribution in [1.29, 1.82) is 0 Å². The van der Waals surface area contributed by atoms with Gasteiger partial charge in [-0.2, -0.15) is 0 Å². The third-order valence-corrected chi connectivity index (χ3v) is 4.84. The molecule has 1 saturated heterocycles. The number of anilines is 1. The Morgan fingerprint density at radius 1 is 1.42 bits per heavy atom. The number of halogens is 2. The van der Waals surface area contributed by atoms with E-state index in [-0.39, 0.29) is 0 Å². The van der Waals surface area contributed by atoms with Crippen LogP contribution in [0.15, 0.2) is 16.6 Å². The Hall–Kier alpha value is -0.250. The van der Waals surface area contributed by atoms with Crippen molar-refractivity contribution in [2.45, 2.75) is 33.2 Å². The van der Waals surface area contributed by atoms with E-state index in [0.29, 0.717) is 12.0 Å². The van der Waals surface area contributed by atoms with Crippen LogP contribution in [-0.4, -0.2) is 25.7 Å². The lowest BCUT2D eigenvalue weighted by Crippen LogP contribution is -2.41. The monoisotopic (exact) mass is 344 g/mol. The highest BCUT2D eigenvalue weighted by Gasteiger charge is 2.22. The summed E-state index contributed by atoms with van der Waals surface area (Å²) in [5, 5.41) is 4.48. The predicted octanol–water partition coefficient (Wildman–Crippen LogP) is 4.24. The zero-order chi connectivity index (χ0) is 14.0. The van der Waals surface area contributed by atoms with Gasteiger partial charge in [0.15, 0.2) is 0 Å². The molecule has 1 fully saturated rings. The summed E-state index contributed by atoms with van der Waals surface area (Å²) >= 11 is 9.96. The predicted molar refractivity (Wildman–Crippen MR) is 87.3 cm³/mol. The first-order valence-electron chi connectivity index (χ1n) is 6.93. The molecule has 19 heavy (non-hydrogen) atoms. The molecule has 1 heterocycles. The lowest BCUT2D eigenvalue weighted by Gasteiger charge is -2.29. The molecule has 0 bridgehead atoms. The SMILES string of the molecule is Cc1cc(Br)c(N2CCCNC(C(C)C)C2)cc1Cl. The quantitative estimate of drug-likeness (QED) is 0.862. The summed E-state index contributed by atoms with van der Waals surface area (Å²) in [6.45, 7) is 9.80. The van der Waals surface area contributed by atoms with Gasteiger partial charge in [-0.25, -0.2) is 0 Å². The second-order valence-corrected chi connectivity index (χ2v) is 6.92. The third-order valence-electron chi connectivity index (χ3n) is 3.80. The number of nitrogens with zero attached hydrogens (tertiary/aromatic N) is 1. The summed E-state index contributed by atoms with van der Waals surface area (Å²) in [6.07, 6.45) is 1.17. The van der Waals surface area contributed by atoms with Gasteiger partial charge in [-0.1, -0.05) is 25.4 Å². The number of benzene rings is 1. The van der Waals surface area contributed by atoms with Gasteiger partial charge < -0.3 is 10.2 Å². The first-order chi connectivity index (χ1) is 8.99. The minimum Gasteiger partial charge on any atom is -0.369 e. The van der Waals surface area contributed by atoms with Crippen molar-refractivity contribution >= 4 is 33.2 Å². The van der Waals surface area contributed by atoms with Crippen LogP contribution in [0, 0.1) is 12.8 Å². The van der Waals surface area contributed by atoms with E-state index in [1.165, 1.54) is 12.1 Å². The molecule has 1 aliphatic rings. The van der Waals surface area contributed by atoms with Crippen LogP contribution >= 0.6 is 27.5 Å². The highest BCUT2D eigenvalue weighted by molar-refractivity contribution is 9.10. The van der Waals surface area contributed by atoms with E-state index in [9.17, 15) is 0 Å². The second kappa shape index (κ2) is 6.47. The topological polar surface area (TPSA) is 15.3 Å². The molecule has 4 heteroatoms. The molecular formula is C15H22BrClN2. The Morgan fingerprint density at radius 2 is 2.16 bits per heavy atom. The highest BCUT2D eigenvalue weighted by atomic mass is 79.9. The Kier molecular flexibility index (Phi) is 5.15. The summed E-state index contributed by atoms with van der Waals surface area (Å²) in [7, 11) is 0. The van der Waals surface area contributed by atoms with Crippen molar-refractivity contribution in [2.24, 2.45) is 5.92 Å². The van der Waals surface area contributed by atoms with Crippen molar-refractivity contribution in [2.75, 3.05) is 24.5 Å². The molecule has 0 saturated carbocycles. The van der Waals surface area contributed by atoms with Gasteiger partial charge in [0, 0.05) is 28.6 Å². The standard InChI is InChI=1S/C15H22BrClN2/c1-10(2)14-9-19(6-4-5-18-14)15-8-13(17)11(3)7-12(15)16/h7-8,10,14,18H,4-6,9H2,1-3H3. The fourth-order valence-electron chi connectivity index (χ4n) is 2.49. The summed E-state index contributed by atoms with van der Waals surface area (Å²) in [5.74, 6) is 0.639. The molecule has 1 aromatic rings. The Labute approximate surface area is 129 Å². The first-order valence-corrected chi connectivity index (χ1v) is 8.10. The van der Waals surface area contributed by atoms with Crippen molar-refractivity contribution in [3.05, 3.63) is 27.2 Å². The molecule has 2 nitrogen and oxygen atoms in total. The fraction of sp³-hybridized carbons (Fsp3) is 0.600. The highest BCUT2D eigenvalue weighted by Crippen LogP contribution is 2.32. The number of hydrogen-bond acceptors (Lipinski definition) is 2. The average Bonchev–Trinajstić information content (AvgIpc) is 2.59. The van der Waals surface area contributed by atoms with E-state index < -0.39 is 0 Å². The summed E-state index contributed by atoms with van der Waals surface area (Å²) in [5.41, 5.74) is 2.33. The lowest BCUT2D eigenvalue weighted by atomic mass is 10.0. The molecular weight excluding hydrogens is 324 g/mol. The van der Waals surface area contributed by atoms with Crippen LogP contribution in [0.2, 0.25) is 5.02 Å². The normalized spacial score (nSPS) is 20.7. The third kappa shape index (κ3) is 3.65. The Bertz CT molecular complexity index is 448. The van der Waals surface area contributed by atoms with Gasteiger partial charge in [0.1, 0.15) is 0 Å². The van der Waals surface area contributed by atoms with Gasteiger partial charge in [0.2, 0.25) is 0 Å². The second-order valence-electron chi connectivity index (χ2n) is 5.66. The molecule has 0 aliphatic carbocycles. The molecule has 0 aromatic heterocycles. The first kappa shape index (κ1) is 15.1. The van der Waals surface area contributed by atoms with Gasteiger partial charge in [-0.3, -0.25) is 0 Å². The van der Waals surface area contributed by atoms with Gasteiger partial charge in [-0.15, -0.1) is 0 Å². The number of hydrogen-bond donors (Lipinski definition) is 1. The maximum Gasteiger partial charge on any atom is 0.0526 e. The largest absolute Gasteiger partial charge is 0.369 e. The molecule has 0 radical (unpaired) electrons. The molecule has 1 aliphatic heterocycles. The van der Waals surface area contributed by atoms with Crippen molar-refractivity contribution < 1.29 is 0 Å². The van der Waals surface area contributed by atoms with E-state index >= 15 is 0 Å². The van der Waals surface area contributed by atoms with Crippen LogP contribution in [0.3, 0.4) is 0 Å². The van der Waals surface area contributed by atoms with Gasteiger partial charge in [-0.05, 0) is 59.4 Å². The van der Waals surface area contributed by atoms with Crippen molar-refractivity contribution in [3.63, 3.8) is 0 Å². The molecule has 1 atom stereocenters. The van der Waals surface area contributed by atoms with Crippen LogP contribution in [-0.2, 0) is 0 Å². The van der Waals surface area contributed by atoms with E-state index in [1.807, 2.05) is 6.92 Å². The van der Waals surface area contributed by atoms with Crippen LogP contribution in [0.4, 0.5) is 5.69 Å². The van der Waals surface area contributed by atoms with Crippen LogP contribution in [0.5, 0.6) is 0 Å². The minimum atomic E-state index is 0.537. The van der Waals surface area contributed by atoms with Crippen molar-refractivity contribution in [1.82, 2.24) is 5.32 Å². The Balaban J connectivity index is 2.26. The molecule has 1 N–H and O–H groups in total. The zero-order valence-corrected chi connectivity index (χ0v) is 14.2. The van der Waals surface area contributed by atoms with E-state index in [0.717, 1.165) is 34.7 Å². The summed E-state index contributed by atoms with van der Waals surface area (Å²) in [6, 6.07) is 4.74. The molecule has 1 unspecified atom stereocenters. The Morgan fingerprint density at radius 3 is 2.84 bits per heavy atom. The maximum absolute atomic E-state index is 6.28. The number of rotatable bonds is 2. The van der Waals surface area contributed by atoms with Crippen LogP contribution in [0.1, 0.15) is 25.8 Å². The van der Waals surface area contributed by atoms with Crippen LogP contribution < -0.4 is 10.2 Å². The van der Waals surface area contributed by atoms with E-state index in [2.05, 4.69) is 52.1 Å². The fourth-order valence-corrected chi connectivity index (χ4v) is 3.36. The van der Waals surface area contributed by atoms with Gasteiger partial charge in [0.25, 0.3) is 0 Å². The van der Waals surface area contributed by atoms with Crippen LogP contribution in [0.25, 0.3) is 0 Å². The number of nitrogens with one attached hydrogen (secondary N) is 1.